The van der Waals surface area contributed by atoms with Gasteiger partial charge in [-0.1, -0.05) is 54.6 Å². The third kappa shape index (κ3) is 6.98. The zero-order valence-corrected chi connectivity index (χ0v) is 20.0. The Kier molecular flexibility index (Phi) is 10.1. The Hall–Kier alpha value is -2.13. The van der Waals surface area contributed by atoms with Gasteiger partial charge in [-0.2, -0.15) is 0 Å². The molecule has 1 heterocycles. The van der Waals surface area contributed by atoms with E-state index in [1.807, 2.05) is 42.5 Å². The number of benzene rings is 2. The second-order valence-corrected chi connectivity index (χ2v) is 7.15. The van der Waals surface area contributed by atoms with Gasteiger partial charge in [0.25, 0.3) is 0 Å². The highest BCUT2D eigenvalue weighted by Gasteiger charge is 2.25. The van der Waals surface area contributed by atoms with E-state index < -0.39 is 0 Å². The average molecular weight is 522 g/mol. The van der Waals surface area contributed by atoms with Gasteiger partial charge < -0.3 is 20.3 Å². The van der Waals surface area contributed by atoms with Crippen molar-refractivity contribution >= 4 is 35.8 Å². The topological polar surface area (TPSA) is 66.0 Å². The number of rotatable bonds is 6. The van der Waals surface area contributed by atoms with Crippen LogP contribution in [0.25, 0.3) is 0 Å². The smallest absolute Gasteiger partial charge is 0.222 e. The molecule has 2 aromatic rings. The summed E-state index contributed by atoms with van der Waals surface area (Å²) in [6.45, 7) is 5.37. The van der Waals surface area contributed by atoms with E-state index in [1.54, 1.807) is 7.05 Å². The minimum atomic E-state index is 0. The highest BCUT2D eigenvalue weighted by atomic mass is 127. The van der Waals surface area contributed by atoms with Gasteiger partial charge in [0.05, 0.1) is 13.2 Å². The molecular weight excluding hydrogens is 491 g/mol. The number of guanidine groups is 1. The first kappa shape index (κ1) is 24.1. The van der Waals surface area contributed by atoms with E-state index >= 15 is 0 Å². The van der Waals surface area contributed by atoms with E-state index in [2.05, 4.69) is 39.6 Å². The van der Waals surface area contributed by atoms with Gasteiger partial charge in [0.2, 0.25) is 5.91 Å². The number of morpholine rings is 1. The van der Waals surface area contributed by atoms with Crippen LogP contribution in [0.15, 0.2) is 59.6 Å². The molecule has 0 aliphatic carbocycles. The zero-order chi connectivity index (χ0) is 20.5. The van der Waals surface area contributed by atoms with Crippen molar-refractivity contribution in [2.75, 3.05) is 33.3 Å². The fourth-order valence-corrected chi connectivity index (χ4v) is 3.48. The van der Waals surface area contributed by atoms with Gasteiger partial charge in [-0.3, -0.25) is 9.79 Å². The molecule has 1 atom stereocenters. The van der Waals surface area contributed by atoms with E-state index in [1.165, 1.54) is 11.1 Å². The number of amides is 1. The van der Waals surface area contributed by atoms with Gasteiger partial charge in [0.15, 0.2) is 5.96 Å². The summed E-state index contributed by atoms with van der Waals surface area (Å²) < 4.78 is 6.00. The lowest BCUT2D eigenvalue weighted by molar-refractivity contribution is -0.121. The number of aryl methyl sites for hydroxylation is 1. The summed E-state index contributed by atoms with van der Waals surface area (Å²) in [5.74, 6) is 0.833. The van der Waals surface area contributed by atoms with Crippen molar-refractivity contribution in [3.8, 4) is 0 Å². The number of hydrogen-bond acceptors (Lipinski definition) is 3. The molecule has 162 valence electrons. The molecule has 2 aromatic carbocycles. The lowest BCUT2D eigenvalue weighted by Gasteiger charge is -2.35. The molecule has 3 rings (SSSR count). The average Bonchev–Trinajstić information content (AvgIpc) is 2.76. The molecular formula is C23H31IN4O2. The van der Waals surface area contributed by atoms with Crippen LogP contribution in [0, 0.1) is 6.92 Å². The molecule has 1 unspecified atom stereocenters. The maximum absolute atomic E-state index is 12.1. The molecule has 7 heteroatoms. The standard InChI is InChI=1S/C23H30N4O2.HI/c1-18-8-6-7-11-20(18)21-17-27(14-15-29-21)23(24-2)25-13-12-22(28)26-16-19-9-4-3-5-10-19;/h3-11,21H,12-17H2,1-2H3,(H,24,25)(H,26,28);1H. The number of aliphatic imine (C=N–C) groups is 1. The number of hydrogen-bond donors (Lipinski definition) is 2. The Morgan fingerprint density at radius 2 is 1.87 bits per heavy atom. The van der Waals surface area contributed by atoms with Gasteiger partial charge >= 0.3 is 0 Å². The van der Waals surface area contributed by atoms with Crippen molar-refractivity contribution < 1.29 is 9.53 Å². The Morgan fingerprint density at radius 1 is 1.13 bits per heavy atom. The Bertz CT molecular complexity index is 829. The first-order valence-electron chi connectivity index (χ1n) is 10.1. The molecule has 30 heavy (non-hydrogen) atoms. The molecule has 0 radical (unpaired) electrons. The summed E-state index contributed by atoms with van der Waals surface area (Å²) in [7, 11) is 1.77. The SMILES string of the molecule is CN=C(NCCC(=O)NCc1ccccc1)N1CCOC(c2ccccc2C)C1.I. The maximum atomic E-state index is 12.1. The molecule has 0 spiro atoms. The van der Waals surface area contributed by atoms with Crippen molar-refractivity contribution in [1.29, 1.82) is 0 Å². The van der Waals surface area contributed by atoms with Crippen molar-refractivity contribution in [2.45, 2.75) is 26.0 Å². The monoisotopic (exact) mass is 522 g/mol. The second-order valence-electron chi connectivity index (χ2n) is 7.15. The molecule has 1 aliphatic heterocycles. The fraction of sp³-hybridized carbons (Fsp3) is 0.391. The second kappa shape index (κ2) is 12.5. The maximum Gasteiger partial charge on any atom is 0.222 e. The van der Waals surface area contributed by atoms with Crippen LogP contribution in [0.2, 0.25) is 0 Å². The third-order valence-electron chi connectivity index (χ3n) is 5.08. The lowest BCUT2D eigenvalue weighted by atomic mass is 10.0. The van der Waals surface area contributed by atoms with Gasteiger partial charge in [-0.15, -0.1) is 24.0 Å². The van der Waals surface area contributed by atoms with Gasteiger partial charge in [0.1, 0.15) is 6.10 Å². The number of carbonyl (C=O) groups is 1. The first-order valence-corrected chi connectivity index (χ1v) is 10.1. The van der Waals surface area contributed by atoms with E-state index in [9.17, 15) is 4.79 Å². The van der Waals surface area contributed by atoms with E-state index in [-0.39, 0.29) is 36.0 Å². The number of halogens is 1. The highest BCUT2D eigenvalue weighted by Crippen LogP contribution is 2.24. The summed E-state index contributed by atoms with van der Waals surface area (Å²) in [4.78, 5) is 18.7. The van der Waals surface area contributed by atoms with E-state index in [4.69, 9.17) is 4.74 Å². The lowest BCUT2D eigenvalue weighted by Crippen LogP contribution is -2.48. The molecule has 1 fully saturated rings. The normalized spacial score (nSPS) is 16.5. The van der Waals surface area contributed by atoms with Crippen LogP contribution >= 0.6 is 24.0 Å². The van der Waals surface area contributed by atoms with Crippen molar-refractivity contribution in [3.05, 3.63) is 71.3 Å². The van der Waals surface area contributed by atoms with Crippen LogP contribution in [0.4, 0.5) is 0 Å². The quantitative estimate of drug-likeness (QED) is 0.348. The van der Waals surface area contributed by atoms with Crippen LogP contribution in [-0.2, 0) is 16.1 Å². The Morgan fingerprint density at radius 3 is 2.60 bits per heavy atom. The van der Waals surface area contributed by atoms with Crippen LogP contribution in [-0.4, -0.2) is 50.1 Å². The molecule has 1 saturated heterocycles. The number of carbonyl (C=O) groups excluding carboxylic acids is 1. The Labute approximate surface area is 196 Å². The van der Waals surface area contributed by atoms with Crippen molar-refractivity contribution in [2.24, 2.45) is 4.99 Å². The van der Waals surface area contributed by atoms with Crippen LogP contribution in [0.5, 0.6) is 0 Å². The van der Waals surface area contributed by atoms with Gasteiger partial charge in [-0.25, -0.2) is 0 Å². The molecule has 6 nitrogen and oxygen atoms in total. The molecule has 1 amide bonds. The van der Waals surface area contributed by atoms with E-state index in [0.717, 1.165) is 24.6 Å². The molecule has 0 aromatic heterocycles. The summed E-state index contributed by atoms with van der Waals surface area (Å²) >= 11 is 0. The number of ether oxygens (including phenoxy) is 1. The third-order valence-corrected chi connectivity index (χ3v) is 5.08. The van der Waals surface area contributed by atoms with E-state index in [0.29, 0.717) is 26.1 Å². The largest absolute Gasteiger partial charge is 0.370 e. The summed E-state index contributed by atoms with van der Waals surface area (Å²) in [6, 6.07) is 18.2. The summed E-state index contributed by atoms with van der Waals surface area (Å²) in [5, 5.41) is 6.27. The minimum absolute atomic E-state index is 0. The number of nitrogens with one attached hydrogen (secondary N) is 2. The molecule has 0 bridgehead atoms. The Balaban J connectivity index is 0.00000320. The van der Waals surface area contributed by atoms with Crippen LogP contribution < -0.4 is 10.6 Å². The van der Waals surface area contributed by atoms with Crippen LogP contribution in [0.1, 0.15) is 29.2 Å². The predicted octanol–water partition coefficient (Wildman–Crippen LogP) is 3.27. The zero-order valence-electron chi connectivity index (χ0n) is 17.6. The summed E-state index contributed by atoms with van der Waals surface area (Å²) in [6.07, 6.45) is 0.426. The minimum Gasteiger partial charge on any atom is -0.370 e. The highest BCUT2D eigenvalue weighted by molar-refractivity contribution is 14.0. The van der Waals surface area contributed by atoms with Gasteiger partial charge in [0, 0.05) is 33.1 Å². The van der Waals surface area contributed by atoms with Gasteiger partial charge in [-0.05, 0) is 23.6 Å². The number of nitrogens with zero attached hydrogens (tertiary/aromatic N) is 2. The predicted molar refractivity (Wildman–Crippen MR) is 131 cm³/mol. The first-order chi connectivity index (χ1) is 14.2. The van der Waals surface area contributed by atoms with Crippen LogP contribution in [0.3, 0.4) is 0 Å². The molecule has 0 saturated carbocycles. The summed E-state index contributed by atoms with van der Waals surface area (Å²) in [5.41, 5.74) is 3.55. The van der Waals surface area contributed by atoms with Crippen molar-refractivity contribution in [3.63, 3.8) is 0 Å². The fourth-order valence-electron chi connectivity index (χ4n) is 3.48. The van der Waals surface area contributed by atoms with Crippen molar-refractivity contribution in [1.82, 2.24) is 15.5 Å². The molecule has 1 aliphatic rings. The molecule has 2 N–H and O–H groups in total.